The highest BCUT2D eigenvalue weighted by Gasteiger charge is 2.28. The first-order valence-electron chi connectivity index (χ1n) is 8.36. The van der Waals surface area contributed by atoms with Gasteiger partial charge in [-0.2, -0.15) is 4.31 Å². The van der Waals surface area contributed by atoms with Gasteiger partial charge in [0.2, 0.25) is 10.0 Å². The standard InChI is InChI=1S/C16H26N4O2S/c1-18(2)14-6-5-9-19(13-14)16-8-7-15(12-17-16)23(21,22)20-10-3-4-11-20/h7-8,12,14H,3-6,9-11,13H2,1-2H3. The molecule has 1 unspecified atom stereocenters. The van der Waals surface area contributed by atoms with E-state index in [1.165, 1.54) is 12.6 Å². The van der Waals surface area contributed by atoms with E-state index in [1.54, 1.807) is 10.4 Å². The first-order valence-corrected chi connectivity index (χ1v) is 9.80. The summed E-state index contributed by atoms with van der Waals surface area (Å²) < 4.78 is 26.6. The Kier molecular flexibility index (Phi) is 4.89. The van der Waals surface area contributed by atoms with E-state index in [1.807, 2.05) is 6.07 Å². The van der Waals surface area contributed by atoms with Crippen molar-refractivity contribution in [3.05, 3.63) is 18.3 Å². The van der Waals surface area contributed by atoms with Crippen LogP contribution in [0.5, 0.6) is 0 Å². The first kappa shape index (κ1) is 16.7. The lowest BCUT2D eigenvalue weighted by Crippen LogP contribution is -2.45. The maximum Gasteiger partial charge on any atom is 0.244 e. The second-order valence-electron chi connectivity index (χ2n) is 6.67. The van der Waals surface area contributed by atoms with Gasteiger partial charge in [0.15, 0.2) is 0 Å². The van der Waals surface area contributed by atoms with Crippen molar-refractivity contribution >= 4 is 15.8 Å². The molecule has 1 aromatic rings. The molecule has 2 aliphatic rings. The molecular weight excluding hydrogens is 312 g/mol. The molecule has 0 aromatic carbocycles. The van der Waals surface area contributed by atoms with E-state index in [-0.39, 0.29) is 0 Å². The predicted molar refractivity (Wildman–Crippen MR) is 91.2 cm³/mol. The van der Waals surface area contributed by atoms with Crippen LogP contribution in [0.4, 0.5) is 5.82 Å². The summed E-state index contributed by atoms with van der Waals surface area (Å²) in [6, 6.07) is 4.08. The van der Waals surface area contributed by atoms with Crippen molar-refractivity contribution in [3.63, 3.8) is 0 Å². The normalized spacial score (nSPS) is 23.6. The maximum absolute atomic E-state index is 12.5. The number of hydrogen-bond acceptors (Lipinski definition) is 5. The fourth-order valence-electron chi connectivity index (χ4n) is 3.37. The lowest BCUT2D eigenvalue weighted by atomic mass is 10.1. The number of piperidine rings is 1. The van der Waals surface area contributed by atoms with Crippen LogP contribution in [0.15, 0.2) is 23.2 Å². The monoisotopic (exact) mass is 338 g/mol. The van der Waals surface area contributed by atoms with E-state index >= 15 is 0 Å². The van der Waals surface area contributed by atoms with Gasteiger partial charge in [-0.15, -0.1) is 0 Å². The molecule has 3 heterocycles. The number of sulfonamides is 1. The third-order valence-electron chi connectivity index (χ3n) is 4.87. The molecule has 0 bridgehead atoms. The van der Waals surface area contributed by atoms with Crippen molar-refractivity contribution in [2.45, 2.75) is 36.6 Å². The first-order chi connectivity index (χ1) is 11.0. The van der Waals surface area contributed by atoms with Crippen LogP contribution in [-0.2, 0) is 10.0 Å². The molecule has 0 spiro atoms. The molecule has 7 heteroatoms. The summed E-state index contributed by atoms with van der Waals surface area (Å²) in [5, 5.41) is 0. The largest absolute Gasteiger partial charge is 0.355 e. The third kappa shape index (κ3) is 3.51. The van der Waals surface area contributed by atoms with E-state index < -0.39 is 10.0 Å². The highest BCUT2D eigenvalue weighted by Crippen LogP contribution is 2.24. The van der Waals surface area contributed by atoms with Crippen LogP contribution in [0.2, 0.25) is 0 Å². The van der Waals surface area contributed by atoms with Gasteiger partial charge < -0.3 is 9.80 Å². The van der Waals surface area contributed by atoms with Crippen molar-refractivity contribution in [2.75, 3.05) is 45.2 Å². The summed E-state index contributed by atoms with van der Waals surface area (Å²) in [6.07, 6.45) is 5.75. The Bertz CT molecular complexity index is 624. The minimum Gasteiger partial charge on any atom is -0.355 e. The van der Waals surface area contributed by atoms with E-state index in [0.29, 0.717) is 24.0 Å². The fourth-order valence-corrected chi connectivity index (χ4v) is 4.84. The van der Waals surface area contributed by atoms with Crippen LogP contribution < -0.4 is 4.90 Å². The molecule has 0 aliphatic carbocycles. The number of likely N-dealkylation sites (N-methyl/N-ethyl adjacent to an activating group) is 1. The van der Waals surface area contributed by atoms with Crippen molar-refractivity contribution in [1.29, 1.82) is 0 Å². The van der Waals surface area contributed by atoms with E-state index in [9.17, 15) is 8.42 Å². The smallest absolute Gasteiger partial charge is 0.244 e. The lowest BCUT2D eigenvalue weighted by molar-refractivity contribution is 0.257. The van der Waals surface area contributed by atoms with Crippen molar-refractivity contribution in [2.24, 2.45) is 0 Å². The summed E-state index contributed by atoms with van der Waals surface area (Å²) >= 11 is 0. The SMILES string of the molecule is CN(C)C1CCCN(c2ccc(S(=O)(=O)N3CCCC3)cn2)C1. The molecule has 128 valence electrons. The van der Waals surface area contributed by atoms with Crippen LogP contribution in [0.1, 0.15) is 25.7 Å². The van der Waals surface area contributed by atoms with Crippen LogP contribution in [0.3, 0.4) is 0 Å². The van der Waals surface area contributed by atoms with Gasteiger partial charge in [-0.1, -0.05) is 0 Å². The number of anilines is 1. The second-order valence-corrected chi connectivity index (χ2v) is 8.61. The number of nitrogens with zero attached hydrogens (tertiary/aromatic N) is 4. The molecular formula is C16H26N4O2S. The number of pyridine rings is 1. The minimum atomic E-state index is -3.37. The van der Waals surface area contributed by atoms with Crippen LogP contribution in [-0.4, -0.2) is 68.9 Å². The topological polar surface area (TPSA) is 56.8 Å². The van der Waals surface area contributed by atoms with Gasteiger partial charge >= 0.3 is 0 Å². The van der Waals surface area contributed by atoms with Gasteiger partial charge in [0.25, 0.3) is 0 Å². The zero-order valence-corrected chi connectivity index (χ0v) is 14.8. The van der Waals surface area contributed by atoms with E-state index in [2.05, 4.69) is 28.9 Å². The highest BCUT2D eigenvalue weighted by atomic mass is 32.2. The maximum atomic E-state index is 12.5. The molecule has 1 aromatic heterocycles. The molecule has 2 aliphatic heterocycles. The molecule has 0 radical (unpaired) electrons. The van der Waals surface area contributed by atoms with Crippen LogP contribution >= 0.6 is 0 Å². The average Bonchev–Trinajstić information content (AvgIpc) is 3.10. The quantitative estimate of drug-likeness (QED) is 0.830. The Hall–Kier alpha value is -1.18. The molecule has 2 saturated heterocycles. The fraction of sp³-hybridized carbons (Fsp3) is 0.688. The van der Waals surface area contributed by atoms with Gasteiger partial charge in [-0.3, -0.25) is 0 Å². The molecule has 1 atom stereocenters. The minimum absolute atomic E-state index is 0.310. The van der Waals surface area contributed by atoms with Crippen molar-refractivity contribution < 1.29 is 8.42 Å². The highest BCUT2D eigenvalue weighted by molar-refractivity contribution is 7.89. The molecule has 2 fully saturated rings. The summed E-state index contributed by atoms with van der Waals surface area (Å²) in [5.41, 5.74) is 0. The molecule has 23 heavy (non-hydrogen) atoms. The molecule has 0 N–H and O–H groups in total. The Morgan fingerprint density at radius 3 is 2.48 bits per heavy atom. The van der Waals surface area contributed by atoms with E-state index in [4.69, 9.17) is 0 Å². The molecule has 0 saturated carbocycles. The van der Waals surface area contributed by atoms with Crippen LogP contribution in [0.25, 0.3) is 0 Å². The third-order valence-corrected chi connectivity index (χ3v) is 6.76. The number of rotatable bonds is 4. The average molecular weight is 338 g/mol. The Balaban J connectivity index is 1.74. The zero-order valence-electron chi connectivity index (χ0n) is 14.0. The van der Waals surface area contributed by atoms with Gasteiger partial charge in [-0.05, 0) is 51.9 Å². The van der Waals surface area contributed by atoms with Gasteiger partial charge in [-0.25, -0.2) is 13.4 Å². The summed E-state index contributed by atoms with van der Waals surface area (Å²) in [7, 11) is 0.843. The van der Waals surface area contributed by atoms with Gasteiger partial charge in [0, 0.05) is 38.4 Å². The van der Waals surface area contributed by atoms with Crippen LogP contribution in [0, 0.1) is 0 Å². The predicted octanol–water partition coefficient (Wildman–Crippen LogP) is 1.40. The second kappa shape index (κ2) is 6.75. The van der Waals surface area contributed by atoms with Crippen molar-refractivity contribution in [3.8, 4) is 0 Å². The molecule has 6 nitrogen and oxygen atoms in total. The molecule has 3 rings (SSSR count). The zero-order chi connectivity index (χ0) is 16.4. The Morgan fingerprint density at radius 1 is 1.13 bits per heavy atom. The number of hydrogen-bond donors (Lipinski definition) is 0. The van der Waals surface area contributed by atoms with Gasteiger partial charge in [0.05, 0.1) is 0 Å². The summed E-state index contributed by atoms with van der Waals surface area (Å²) in [5.74, 6) is 0.872. The van der Waals surface area contributed by atoms with E-state index in [0.717, 1.165) is 38.2 Å². The molecule has 0 amide bonds. The number of aromatic nitrogens is 1. The van der Waals surface area contributed by atoms with Crippen molar-refractivity contribution in [1.82, 2.24) is 14.2 Å². The Morgan fingerprint density at radius 2 is 1.87 bits per heavy atom. The Labute approximate surface area is 139 Å². The summed E-state index contributed by atoms with van der Waals surface area (Å²) in [6.45, 7) is 3.18. The lowest BCUT2D eigenvalue weighted by Gasteiger charge is -2.36. The summed E-state index contributed by atoms with van der Waals surface area (Å²) in [4.78, 5) is 9.24. The van der Waals surface area contributed by atoms with Gasteiger partial charge in [0.1, 0.15) is 10.7 Å².